The zero-order chi connectivity index (χ0) is 17.5. The number of rotatable bonds is 8. The van der Waals surface area contributed by atoms with Gasteiger partial charge in [-0.1, -0.05) is 52.8 Å². The number of carbonyl (C=O) groups excluding carboxylic acids is 2. The fraction of sp³-hybridized carbons (Fsp3) is 0.579. The molecular formula is C19H28O4. The highest BCUT2D eigenvalue weighted by Gasteiger charge is 2.46. The van der Waals surface area contributed by atoms with Gasteiger partial charge in [0.25, 0.3) is 0 Å². The predicted molar refractivity (Wildman–Crippen MR) is 90.3 cm³/mol. The molecule has 0 amide bonds. The van der Waals surface area contributed by atoms with Gasteiger partial charge in [-0.2, -0.15) is 0 Å². The van der Waals surface area contributed by atoms with Crippen LogP contribution in [0.25, 0.3) is 0 Å². The molecule has 0 saturated heterocycles. The highest BCUT2D eigenvalue weighted by Crippen LogP contribution is 2.32. The van der Waals surface area contributed by atoms with Crippen molar-refractivity contribution in [3.05, 3.63) is 29.8 Å². The van der Waals surface area contributed by atoms with Gasteiger partial charge in [0.15, 0.2) is 5.41 Å². The Bertz CT molecular complexity index is 530. The Morgan fingerprint density at radius 3 is 2.17 bits per heavy atom. The van der Waals surface area contributed by atoms with Crippen molar-refractivity contribution in [2.24, 2.45) is 11.3 Å². The molecule has 0 aliphatic rings. The van der Waals surface area contributed by atoms with Crippen molar-refractivity contribution < 1.29 is 19.1 Å². The highest BCUT2D eigenvalue weighted by molar-refractivity contribution is 6.00. The Morgan fingerprint density at radius 1 is 1.04 bits per heavy atom. The van der Waals surface area contributed by atoms with E-state index in [1.807, 2.05) is 52.8 Å². The number of hydrogen-bond donors (Lipinski definition) is 0. The normalized spacial score (nSPS) is 11.4. The maximum Gasteiger partial charge on any atom is 0.328 e. The first-order valence-corrected chi connectivity index (χ1v) is 8.38. The SMILES string of the molecule is CCc1ccccc1OC(=O)C(CC)(CC)C(=O)OCC(C)C. The maximum absolute atomic E-state index is 12.7. The molecule has 0 heterocycles. The first-order valence-electron chi connectivity index (χ1n) is 8.38. The second-order valence-corrected chi connectivity index (χ2v) is 6.13. The minimum absolute atomic E-state index is 0.224. The number of benzene rings is 1. The monoisotopic (exact) mass is 320 g/mol. The summed E-state index contributed by atoms with van der Waals surface area (Å²) in [4.78, 5) is 25.2. The number of carbonyl (C=O) groups is 2. The topological polar surface area (TPSA) is 52.6 Å². The van der Waals surface area contributed by atoms with Gasteiger partial charge in [0.1, 0.15) is 5.75 Å². The Kier molecular flexibility index (Phi) is 7.27. The maximum atomic E-state index is 12.7. The van der Waals surface area contributed by atoms with Crippen LogP contribution in [0.3, 0.4) is 0 Å². The van der Waals surface area contributed by atoms with Crippen molar-refractivity contribution in [2.75, 3.05) is 6.61 Å². The van der Waals surface area contributed by atoms with E-state index >= 15 is 0 Å². The minimum Gasteiger partial charge on any atom is -0.465 e. The van der Waals surface area contributed by atoms with Crippen molar-refractivity contribution in [3.63, 3.8) is 0 Å². The molecule has 0 atom stereocenters. The number of ether oxygens (including phenoxy) is 2. The predicted octanol–water partition coefficient (Wildman–Crippen LogP) is 4.16. The Labute approximate surface area is 139 Å². The molecule has 0 spiro atoms. The first-order chi connectivity index (χ1) is 10.9. The summed E-state index contributed by atoms with van der Waals surface area (Å²) in [7, 11) is 0. The lowest BCUT2D eigenvalue weighted by atomic mass is 9.82. The molecule has 128 valence electrons. The van der Waals surface area contributed by atoms with Crippen LogP contribution in [0.15, 0.2) is 24.3 Å². The van der Waals surface area contributed by atoms with Crippen LogP contribution in [0.4, 0.5) is 0 Å². The zero-order valence-electron chi connectivity index (χ0n) is 14.8. The molecule has 1 aromatic carbocycles. The van der Waals surface area contributed by atoms with E-state index in [0.29, 0.717) is 25.2 Å². The molecule has 23 heavy (non-hydrogen) atoms. The largest absolute Gasteiger partial charge is 0.465 e. The van der Waals surface area contributed by atoms with Crippen molar-refractivity contribution in [3.8, 4) is 5.75 Å². The van der Waals surface area contributed by atoms with Crippen LogP contribution in [0, 0.1) is 11.3 Å². The van der Waals surface area contributed by atoms with Crippen LogP contribution in [0.1, 0.15) is 53.0 Å². The zero-order valence-corrected chi connectivity index (χ0v) is 14.8. The summed E-state index contributed by atoms with van der Waals surface area (Å²) in [5, 5.41) is 0. The molecule has 0 saturated carbocycles. The highest BCUT2D eigenvalue weighted by atomic mass is 16.6. The molecule has 1 rings (SSSR count). The smallest absolute Gasteiger partial charge is 0.328 e. The summed E-state index contributed by atoms with van der Waals surface area (Å²) in [6, 6.07) is 7.39. The summed E-state index contributed by atoms with van der Waals surface area (Å²) in [6.07, 6.45) is 1.47. The molecule has 0 aromatic heterocycles. The third kappa shape index (κ3) is 4.57. The number of hydrogen-bond acceptors (Lipinski definition) is 4. The van der Waals surface area contributed by atoms with Crippen LogP contribution >= 0.6 is 0 Å². The average molecular weight is 320 g/mol. The van der Waals surface area contributed by atoms with Gasteiger partial charge in [-0.3, -0.25) is 9.59 Å². The minimum atomic E-state index is -1.24. The molecule has 0 fully saturated rings. The summed E-state index contributed by atoms with van der Waals surface area (Å²) >= 11 is 0. The number of para-hydroxylation sites is 1. The van der Waals surface area contributed by atoms with Crippen molar-refractivity contribution in [1.29, 1.82) is 0 Å². The Morgan fingerprint density at radius 2 is 1.65 bits per heavy atom. The van der Waals surface area contributed by atoms with Crippen LogP contribution < -0.4 is 4.74 Å². The third-order valence-electron chi connectivity index (χ3n) is 4.09. The van der Waals surface area contributed by atoms with Gasteiger partial charge >= 0.3 is 11.9 Å². The van der Waals surface area contributed by atoms with E-state index < -0.39 is 17.4 Å². The lowest BCUT2D eigenvalue weighted by Gasteiger charge is -2.27. The summed E-state index contributed by atoms with van der Waals surface area (Å²) in [6.45, 7) is 9.85. The number of esters is 2. The van der Waals surface area contributed by atoms with Gasteiger partial charge < -0.3 is 9.47 Å². The van der Waals surface area contributed by atoms with Gasteiger partial charge in [0.2, 0.25) is 0 Å². The van der Waals surface area contributed by atoms with E-state index in [2.05, 4.69) is 0 Å². The molecule has 4 nitrogen and oxygen atoms in total. The molecule has 0 radical (unpaired) electrons. The Hall–Kier alpha value is -1.84. The van der Waals surface area contributed by atoms with Gasteiger partial charge in [0, 0.05) is 0 Å². The fourth-order valence-electron chi connectivity index (χ4n) is 2.38. The molecule has 0 N–H and O–H groups in total. The van der Waals surface area contributed by atoms with E-state index in [0.717, 1.165) is 12.0 Å². The van der Waals surface area contributed by atoms with E-state index in [4.69, 9.17) is 9.47 Å². The second kappa shape index (κ2) is 8.70. The lowest BCUT2D eigenvalue weighted by molar-refractivity contribution is -0.168. The van der Waals surface area contributed by atoms with E-state index in [-0.39, 0.29) is 5.92 Å². The van der Waals surface area contributed by atoms with Crippen molar-refractivity contribution in [1.82, 2.24) is 0 Å². The number of aryl methyl sites for hydroxylation is 1. The first kappa shape index (κ1) is 19.2. The molecule has 4 heteroatoms. The second-order valence-electron chi connectivity index (χ2n) is 6.13. The quantitative estimate of drug-likeness (QED) is 0.410. The lowest BCUT2D eigenvalue weighted by Crippen LogP contribution is -2.43. The fourth-order valence-corrected chi connectivity index (χ4v) is 2.38. The van der Waals surface area contributed by atoms with E-state index in [1.165, 1.54) is 0 Å². The molecular weight excluding hydrogens is 292 g/mol. The summed E-state index contributed by atoms with van der Waals surface area (Å²) in [5.74, 6) is -0.280. The molecule has 1 aromatic rings. The van der Waals surface area contributed by atoms with Gasteiger partial charge in [-0.05, 0) is 36.8 Å². The van der Waals surface area contributed by atoms with E-state index in [1.54, 1.807) is 6.07 Å². The Balaban J connectivity index is 2.99. The average Bonchev–Trinajstić information content (AvgIpc) is 2.55. The van der Waals surface area contributed by atoms with Gasteiger partial charge in [-0.25, -0.2) is 0 Å². The van der Waals surface area contributed by atoms with Crippen LogP contribution in [0.2, 0.25) is 0 Å². The molecule has 0 aliphatic heterocycles. The molecule has 0 unspecified atom stereocenters. The van der Waals surface area contributed by atoms with E-state index in [9.17, 15) is 9.59 Å². The third-order valence-corrected chi connectivity index (χ3v) is 4.09. The van der Waals surface area contributed by atoms with Gasteiger partial charge in [-0.15, -0.1) is 0 Å². The van der Waals surface area contributed by atoms with Gasteiger partial charge in [0.05, 0.1) is 6.61 Å². The van der Waals surface area contributed by atoms with Crippen LogP contribution in [-0.2, 0) is 20.7 Å². The molecule has 0 aliphatic carbocycles. The van der Waals surface area contributed by atoms with Crippen molar-refractivity contribution in [2.45, 2.75) is 53.9 Å². The van der Waals surface area contributed by atoms with Crippen LogP contribution in [-0.4, -0.2) is 18.5 Å². The summed E-state index contributed by atoms with van der Waals surface area (Å²) < 4.78 is 10.9. The summed E-state index contributed by atoms with van der Waals surface area (Å²) in [5.41, 5.74) is -0.298. The van der Waals surface area contributed by atoms with Crippen LogP contribution in [0.5, 0.6) is 5.75 Å². The standard InChI is InChI=1S/C19H28O4/c1-6-15-11-9-10-12-16(15)23-18(21)19(7-2,8-3)17(20)22-13-14(4)5/h9-12,14H,6-8,13H2,1-5H3. The van der Waals surface area contributed by atoms with Crippen molar-refractivity contribution >= 4 is 11.9 Å². The molecule has 0 bridgehead atoms.